The summed E-state index contributed by atoms with van der Waals surface area (Å²) in [7, 11) is 0. The van der Waals surface area contributed by atoms with Crippen molar-refractivity contribution in [2.24, 2.45) is 0 Å². The summed E-state index contributed by atoms with van der Waals surface area (Å²) in [5, 5.41) is 11.9. The molecule has 0 spiro atoms. The van der Waals surface area contributed by atoms with Gasteiger partial charge in [0.15, 0.2) is 5.69 Å². The van der Waals surface area contributed by atoms with Crippen LogP contribution in [-0.2, 0) is 0 Å². The van der Waals surface area contributed by atoms with Crippen LogP contribution in [0.1, 0.15) is 5.56 Å². The zero-order valence-electron chi connectivity index (χ0n) is 23.8. The van der Waals surface area contributed by atoms with Gasteiger partial charge in [-0.2, -0.15) is 5.26 Å². The molecule has 0 bridgehead atoms. The van der Waals surface area contributed by atoms with Gasteiger partial charge in [-0.15, -0.1) is 0 Å². The summed E-state index contributed by atoms with van der Waals surface area (Å²) in [4.78, 5) is 3.60. The molecule has 0 saturated carbocycles. The zero-order chi connectivity index (χ0) is 29.6. The maximum atomic E-state index is 9.36. The van der Waals surface area contributed by atoms with Gasteiger partial charge in [0.25, 0.3) is 0 Å². The summed E-state index contributed by atoms with van der Waals surface area (Å²) in [5.41, 5.74) is 15.4. The minimum atomic E-state index is 0.648. The first-order valence-electron chi connectivity index (χ1n) is 14.6. The van der Waals surface area contributed by atoms with E-state index in [1.807, 2.05) is 42.5 Å². The number of hydrogen-bond acceptors (Lipinski definition) is 1. The molecule has 0 heterocycles. The van der Waals surface area contributed by atoms with Crippen molar-refractivity contribution in [1.29, 1.82) is 5.26 Å². The maximum Gasteiger partial charge on any atom is 0.187 e. The van der Waals surface area contributed by atoms with E-state index in [4.69, 9.17) is 6.57 Å². The molecule has 0 fully saturated rings. The molecular weight excluding hydrogens is 532 g/mol. The highest BCUT2D eigenvalue weighted by Crippen LogP contribution is 2.54. The van der Waals surface area contributed by atoms with Gasteiger partial charge in [-0.3, -0.25) is 0 Å². The molecular formula is C42H24N2. The highest BCUT2D eigenvalue weighted by Gasteiger charge is 2.27. The summed E-state index contributed by atoms with van der Waals surface area (Å²) >= 11 is 0. The lowest BCUT2D eigenvalue weighted by Gasteiger charge is -2.16. The molecule has 0 N–H and O–H groups in total. The van der Waals surface area contributed by atoms with Crippen LogP contribution in [0.15, 0.2) is 146 Å². The standard InChI is InChI=1S/C42H24N2/c1-44-35-11-3-10-34(25-35)29-16-20-31(21-17-29)37-23-22-36(30-18-14-28(15-19-30)33-9-2-6-27(24-33)26-43)41-38-12-4-7-32-8-5-13-39(40(32)38)42(37)41/h2-25H. The number of nitrogens with zero attached hydrogens (tertiary/aromatic N) is 2. The first kappa shape index (κ1) is 25.5. The lowest BCUT2D eigenvalue weighted by molar-refractivity contribution is 1.48. The van der Waals surface area contributed by atoms with Crippen LogP contribution in [0.2, 0.25) is 0 Å². The SMILES string of the molecule is [C-]#[N+]c1cccc(-c2ccc(-c3ccc(-c4ccc(-c5cccc(C#N)c5)cc4)c4c3-c3cccc5cccc-4c35)cc2)c1. The quantitative estimate of drug-likeness (QED) is 0.198. The molecule has 2 nitrogen and oxygen atoms in total. The summed E-state index contributed by atoms with van der Waals surface area (Å²) in [6, 6.07) is 52.9. The van der Waals surface area contributed by atoms with Crippen LogP contribution < -0.4 is 0 Å². The van der Waals surface area contributed by atoms with Crippen molar-refractivity contribution < 1.29 is 0 Å². The van der Waals surface area contributed by atoms with Crippen LogP contribution in [0.3, 0.4) is 0 Å². The van der Waals surface area contributed by atoms with Gasteiger partial charge < -0.3 is 0 Å². The van der Waals surface area contributed by atoms with Gasteiger partial charge in [0.05, 0.1) is 18.2 Å². The lowest BCUT2D eigenvalue weighted by Crippen LogP contribution is -1.90. The Kier molecular flexibility index (Phi) is 5.94. The highest BCUT2D eigenvalue weighted by atomic mass is 14.6. The van der Waals surface area contributed by atoms with E-state index < -0.39 is 0 Å². The second-order valence-corrected chi connectivity index (χ2v) is 11.1. The van der Waals surface area contributed by atoms with Crippen molar-refractivity contribution in [2.45, 2.75) is 0 Å². The number of rotatable bonds is 4. The Morgan fingerprint density at radius 1 is 0.455 bits per heavy atom. The van der Waals surface area contributed by atoms with E-state index in [1.165, 1.54) is 44.2 Å². The van der Waals surface area contributed by atoms with Gasteiger partial charge in [-0.05, 0) is 95.7 Å². The average Bonchev–Trinajstić information content (AvgIpc) is 3.44. The van der Waals surface area contributed by atoms with E-state index in [2.05, 4.69) is 114 Å². The Bertz CT molecular complexity index is 2170. The van der Waals surface area contributed by atoms with Crippen LogP contribution in [0, 0.1) is 17.9 Å². The molecule has 0 radical (unpaired) electrons. The van der Waals surface area contributed by atoms with E-state index in [9.17, 15) is 5.26 Å². The number of benzene rings is 7. The molecule has 0 atom stereocenters. The molecule has 1 aliphatic carbocycles. The van der Waals surface area contributed by atoms with Gasteiger partial charge in [-0.25, -0.2) is 4.85 Å². The normalized spacial score (nSPS) is 11.1. The van der Waals surface area contributed by atoms with E-state index >= 15 is 0 Å². The van der Waals surface area contributed by atoms with Crippen LogP contribution in [0.4, 0.5) is 5.69 Å². The summed E-state index contributed by atoms with van der Waals surface area (Å²) in [6.45, 7) is 7.38. The van der Waals surface area contributed by atoms with Crippen LogP contribution >= 0.6 is 0 Å². The van der Waals surface area contributed by atoms with E-state index in [0.29, 0.717) is 11.3 Å². The number of nitriles is 1. The van der Waals surface area contributed by atoms with Gasteiger partial charge in [0.2, 0.25) is 0 Å². The minimum absolute atomic E-state index is 0.648. The van der Waals surface area contributed by atoms with Crippen molar-refractivity contribution in [3.05, 3.63) is 163 Å². The van der Waals surface area contributed by atoms with Crippen molar-refractivity contribution >= 4 is 16.5 Å². The molecule has 2 heteroatoms. The van der Waals surface area contributed by atoms with E-state index in [1.54, 1.807) is 0 Å². The molecule has 7 aromatic rings. The summed E-state index contributed by atoms with van der Waals surface area (Å²) < 4.78 is 0. The van der Waals surface area contributed by atoms with Crippen LogP contribution in [0.5, 0.6) is 0 Å². The van der Waals surface area contributed by atoms with E-state index in [0.717, 1.165) is 33.4 Å². The topological polar surface area (TPSA) is 28.1 Å². The third-order valence-corrected chi connectivity index (χ3v) is 8.67. The molecule has 8 rings (SSSR count). The molecule has 0 unspecified atom stereocenters. The number of fused-ring (bicyclic) bond motifs is 3. The van der Waals surface area contributed by atoms with Crippen molar-refractivity contribution in [3.63, 3.8) is 0 Å². The first-order valence-corrected chi connectivity index (χ1v) is 14.6. The highest BCUT2D eigenvalue weighted by molar-refractivity contribution is 6.21. The van der Waals surface area contributed by atoms with Gasteiger partial charge in [0, 0.05) is 0 Å². The fraction of sp³-hybridized carbons (Fsp3) is 0. The molecule has 0 amide bonds. The average molecular weight is 557 g/mol. The third-order valence-electron chi connectivity index (χ3n) is 8.67. The van der Waals surface area contributed by atoms with Crippen molar-refractivity contribution in [3.8, 4) is 72.8 Å². The lowest BCUT2D eigenvalue weighted by atomic mass is 9.87. The molecule has 1 aliphatic rings. The maximum absolute atomic E-state index is 9.36. The van der Waals surface area contributed by atoms with Gasteiger partial charge >= 0.3 is 0 Å². The Hall–Kier alpha value is -6.22. The Labute approximate surface area is 256 Å². The molecule has 7 aromatic carbocycles. The fourth-order valence-electron chi connectivity index (χ4n) is 6.61. The Morgan fingerprint density at radius 2 is 0.955 bits per heavy atom. The molecule has 202 valence electrons. The van der Waals surface area contributed by atoms with E-state index in [-0.39, 0.29) is 0 Å². The molecule has 0 aromatic heterocycles. The van der Waals surface area contributed by atoms with Crippen LogP contribution in [-0.4, -0.2) is 0 Å². The first-order chi connectivity index (χ1) is 21.7. The number of hydrogen-bond donors (Lipinski definition) is 0. The predicted molar refractivity (Wildman–Crippen MR) is 181 cm³/mol. The smallest absolute Gasteiger partial charge is 0.187 e. The van der Waals surface area contributed by atoms with Gasteiger partial charge in [0.1, 0.15) is 0 Å². The van der Waals surface area contributed by atoms with Crippen LogP contribution in [0.25, 0.3) is 82.4 Å². The summed E-state index contributed by atoms with van der Waals surface area (Å²) in [6.07, 6.45) is 0. The second-order valence-electron chi connectivity index (χ2n) is 11.1. The molecule has 44 heavy (non-hydrogen) atoms. The summed E-state index contributed by atoms with van der Waals surface area (Å²) in [5.74, 6) is 0. The van der Waals surface area contributed by atoms with Crippen molar-refractivity contribution in [2.75, 3.05) is 0 Å². The zero-order valence-corrected chi connectivity index (χ0v) is 23.8. The third kappa shape index (κ3) is 4.10. The van der Waals surface area contributed by atoms with Gasteiger partial charge in [-0.1, -0.05) is 127 Å². The predicted octanol–water partition coefficient (Wildman–Crippen LogP) is 11.6. The largest absolute Gasteiger partial charge is 0.238 e. The Balaban J connectivity index is 1.28. The fourth-order valence-corrected chi connectivity index (χ4v) is 6.61. The minimum Gasteiger partial charge on any atom is -0.238 e. The monoisotopic (exact) mass is 556 g/mol. The molecule has 0 saturated heterocycles. The second kappa shape index (κ2) is 10.2. The van der Waals surface area contributed by atoms with Crippen molar-refractivity contribution in [1.82, 2.24) is 0 Å². The Morgan fingerprint density at radius 3 is 1.50 bits per heavy atom. The molecule has 0 aliphatic heterocycles.